The van der Waals surface area contributed by atoms with E-state index in [1.165, 1.54) is 0 Å². The quantitative estimate of drug-likeness (QED) is 0.766. The molecule has 0 unspecified atom stereocenters. The molecule has 1 saturated heterocycles. The van der Waals surface area contributed by atoms with Gasteiger partial charge in [0.2, 0.25) is 0 Å². The van der Waals surface area contributed by atoms with Gasteiger partial charge in [0, 0.05) is 26.1 Å². The van der Waals surface area contributed by atoms with E-state index in [1.807, 2.05) is 12.1 Å². The molecule has 1 aliphatic heterocycles. The van der Waals surface area contributed by atoms with Crippen LogP contribution in [-0.4, -0.2) is 43.5 Å². The Morgan fingerprint density at radius 3 is 2.65 bits per heavy atom. The van der Waals surface area contributed by atoms with Crippen LogP contribution < -0.4 is 0 Å². The van der Waals surface area contributed by atoms with Gasteiger partial charge in [-0.15, -0.1) is 0 Å². The number of rotatable bonds is 5. The lowest BCUT2D eigenvalue weighted by molar-refractivity contribution is -0.115. The van der Waals surface area contributed by atoms with Crippen molar-refractivity contribution in [2.75, 3.05) is 32.8 Å². The Morgan fingerprint density at radius 1 is 1.30 bits per heavy atom. The van der Waals surface area contributed by atoms with E-state index < -0.39 is 0 Å². The second-order valence-electron chi connectivity index (χ2n) is 4.74. The van der Waals surface area contributed by atoms with Crippen LogP contribution in [0.1, 0.15) is 17.5 Å². The number of ketones is 1. The fraction of sp³-hybridized carbons (Fsp3) is 0.375. The fourth-order valence-corrected chi connectivity index (χ4v) is 2.03. The van der Waals surface area contributed by atoms with Crippen molar-refractivity contribution in [3.05, 3.63) is 41.5 Å². The molecule has 1 fully saturated rings. The number of nitriles is 1. The number of ether oxygens (including phenoxy) is 1. The molecule has 0 bridgehead atoms. The van der Waals surface area contributed by atoms with Gasteiger partial charge < -0.3 is 4.74 Å². The molecule has 0 N–H and O–H groups in total. The molecular weight excluding hydrogens is 252 g/mol. The molecule has 1 aromatic carbocycles. The summed E-state index contributed by atoms with van der Waals surface area (Å²) in [6.07, 6.45) is 3.94. The average Bonchev–Trinajstić information content (AvgIpc) is 2.52. The van der Waals surface area contributed by atoms with E-state index >= 15 is 0 Å². The summed E-state index contributed by atoms with van der Waals surface area (Å²) in [5.41, 5.74) is 1.56. The van der Waals surface area contributed by atoms with E-state index in [0.29, 0.717) is 12.0 Å². The van der Waals surface area contributed by atoms with Crippen LogP contribution >= 0.6 is 0 Å². The molecule has 4 heteroatoms. The summed E-state index contributed by atoms with van der Waals surface area (Å²) in [4.78, 5) is 14.0. The predicted molar refractivity (Wildman–Crippen MR) is 77.1 cm³/mol. The minimum absolute atomic E-state index is 0.126. The first-order valence-corrected chi connectivity index (χ1v) is 6.79. The molecular formula is C16H18N2O2. The molecule has 1 aliphatic rings. The van der Waals surface area contributed by atoms with Crippen LogP contribution in [0.5, 0.6) is 0 Å². The van der Waals surface area contributed by atoms with Crippen LogP contribution in [0, 0.1) is 11.3 Å². The average molecular weight is 270 g/mol. The summed E-state index contributed by atoms with van der Waals surface area (Å²) < 4.78 is 5.27. The van der Waals surface area contributed by atoms with E-state index in [1.54, 1.807) is 24.3 Å². The molecule has 0 atom stereocenters. The summed E-state index contributed by atoms with van der Waals surface area (Å²) in [6, 6.07) is 9.24. The van der Waals surface area contributed by atoms with E-state index in [4.69, 9.17) is 10.00 Å². The number of benzene rings is 1. The highest BCUT2D eigenvalue weighted by atomic mass is 16.5. The standard InChI is InChI=1S/C16H18N2O2/c17-13-15-3-1-14(2-4-15)5-6-16(19)7-8-18-9-11-20-12-10-18/h1-6H,7-12H2. The van der Waals surface area contributed by atoms with Crippen molar-refractivity contribution in [1.82, 2.24) is 4.90 Å². The summed E-state index contributed by atoms with van der Waals surface area (Å²) in [5.74, 6) is 0.126. The molecule has 0 amide bonds. The first kappa shape index (κ1) is 14.4. The highest BCUT2D eigenvalue weighted by Gasteiger charge is 2.10. The zero-order valence-corrected chi connectivity index (χ0v) is 11.4. The van der Waals surface area contributed by atoms with Gasteiger partial charge >= 0.3 is 0 Å². The van der Waals surface area contributed by atoms with Crippen molar-refractivity contribution in [3.63, 3.8) is 0 Å². The molecule has 0 spiro atoms. The largest absolute Gasteiger partial charge is 0.379 e. The molecule has 0 aromatic heterocycles. The molecule has 104 valence electrons. The monoisotopic (exact) mass is 270 g/mol. The normalized spacial score (nSPS) is 16.1. The Morgan fingerprint density at radius 2 is 2.00 bits per heavy atom. The van der Waals surface area contributed by atoms with Crippen molar-refractivity contribution in [2.45, 2.75) is 6.42 Å². The summed E-state index contributed by atoms with van der Waals surface area (Å²) in [7, 11) is 0. The fourth-order valence-electron chi connectivity index (χ4n) is 2.03. The number of carbonyl (C=O) groups excluding carboxylic acids is 1. The summed E-state index contributed by atoms with van der Waals surface area (Å²) >= 11 is 0. The van der Waals surface area contributed by atoms with Crippen LogP contribution in [0.2, 0.25) is 0 Å². The van der Waals surface area contributed by atoms with Crippen molar-refractivity contribution in [1.29, 1.82) is 5.26 Å². The van der Waals surface area contributed by atoms with Gasteiger partial charge in [0.05, 0.1) is 24.8 Å². The maximum absolute atomic E-state index is 11.8. The van der Waals surface area contributed by atoms with E-state index in [2.05, 4.69) is 11.0 Å². The molecule has 1 aromatic rings. The Bertz CT molecular complexity index is 508. The third-order valence-corrected chi connectivity index (χ3v) is 3.28. The van der Waals surface area contributed by atoms with Gasteiger partial charge in [0.1, 0.15) is 0 Å². The van der Waals surface area contributed by atoms with Crippen LogP contribution in [0.3, 0.4) is 0 Å². The van der Waals surface area contributed by atoms with E-state index in [-0.39, 0.29) is 5.78 Å². The van der Waals surface area contributed by atoms with E-state index in [9.17, 15) is 4.79 Å². The maximum Gasteiger partial charge on any atom is 0.156 e. The Balaban J connectivity index is 1.78. The maximum atomic E-state index is 11.8. The summed E-state index contributed by atoms with van der Waals surface area (Å²) in [6.45, 7) is 4.13. The summed E-state index contributed by atoms with van der Waals surface area (Å²) in [5, 5.41) is 8.70. The second kappa shape index (κ2) is 7.59. The van der Waals surface area contributed by atoms with E-state index in [0.717, 1.165) is 38.4 Å². The zero-order chi connectivity index (χ0) is 14.2. The smallest absolute Gasteiger partial charge is 0.156 e. The Labute approximate surface area is 119 Å². The molecule has 2 rings (SSSR count). The molecule has 20 heavy (non-hydrogen) atoms. The first-order chi connectivity index (χ1) is 9.78. The third-order valence-electron chi connectivity index (χ3n) is 3.28. The van der Waals surface area contributed by atoms with Gasteiger partial charge in [-0.25, -0.2) is 0 Å². The second-order valence-corrected chi connectivity index (χ2v) is 4.74. The lowest BCUT2D eigenvalue weighted by Gasteiger charge is -2.25. The lowest BCUT2D eigenvalue weighted by atomic mass is 10.1. The van der Waals surface area contributed by atoms with Crippen molar-refractivity contribution < 1.29 is 9.53 Å². The van der Waals surface area contributed by atoms with Crippen LogP contribution in [0.4, 0.5) is 0 Å². The van der Waals surface area contributed by atoms with Crippen molar-refractivity contribution in [2.24, 2.45) is 0 Å². The van der Waals surface area contributed by atoms with Crippen molar-refractivity contribution in [3.8, 4) is 6.07 Å². The van der Waals surface area contributed by atoms with Gasteiger partial charge in [0.15, 0.2) is 5.78 Å². The molecule has 1 heterocycles. The first-order valence-electron chi connectivity index (χ1n) is 6.79. The topological polar surface area (TPSA) is 53.3 Å². The molecule has 0 saturated carbocycles. The minimum atomic E-state index is 0.126. The highest BCUT2D eigenvalue weighted by molar-refractivity contribution is 5.93. The molecule has 0 aliphatic carbocycles. The lowest BCUT2D eigenvalue weighted by Crippen LogP contribution is -2.37. The zero-order valence-electron chi connectivity index (χ0n) is 11.4. The van der Waals surface area contributed by atoms with Gasteiger partial charge in [-0.2, -0.15) is 5.26 Å². The number of hydrogen-bond acceptors (Lipinski definition) is 4. The Kier molecular flexibility index (Phi) is 5.48. The van der Waals surface area contributed by atoms with Gasteiger partial charge in [0.25, 0.3) is 0 Å². The number of carbonyl (C=O) groups is 1. The predicted octanol–water partition coefficient (Wildman–Crippen LogP) is 1.86. The SMILES string of the molecule is N#Cc1ccc(C=CC(=O)CCN2CCOCC2)cc1. The van der Waals surface area contributed by atoms with Crippen LogP contribution in [0.25, 0.3) is 6.08 Å². The number of allylic oxidation sites excluding steroid dienone is 1. The number of morpholine rings is 1. The minimum Gasteiger partial charge on any atom is -0.379 e. The molecule has 0 radical (unpaired) electrons. The van der Waals surface area contributed by atoms with Gasteiger partial charge in [-0.1, -0.05) is 18.2 Å². The van der Waals surface area contributed by atoms with Gasteiger partial charge in [-0.05, 0) is 23.8 Å². The van der Waals surface area contributed by atoms with Crippen LogP contribution in [0.15, 0.2) is 30.3 Å². The highest BCUT2D eigenvalue weighted by Crippen LogP contribution is 2.06. The molecule has 4 nitrogen and oxygen atoms in total. The van der Waals surface area contributed by atoms with Gasteiger partial charge in [-0.3, -0.25) is 9.69 Å². The van der Waals surface area contributed by atoms with Crippen LogP contribution in [-0.2, 0) is 9.53 Å². The Hall–Kier alpha value is -1.96. The number of nitrogens with zero attached hydrogens (tertiary/aromatic N) is 2. The van der Waals surface area contributed by atoms with Crippen molar-refractivity contribution >= 4 is 11.9 Å². The number of hydrogen-bond donors (Lipinski definition) is 0. The third kappa shape index (κ3) is 4.61.